The van der Waals surface area contributed by atoms with Crippen LogP contribution < -0.4 is 5.32 Å². The summed E-state index contributed by atoms with van der Waals surface area (Å²) in [7, 11) is 0. The lowest BCUT2D eigenvalue weighted by atomic mass is 10.00. The second kappa shape index (κ2) is 8.05. The number of thiazole rings is 1. The molecule has 0 bridgehead atoms. The molecule has 3 rings (SSSR count). The summed E-state index contributed by atoms with van der Waals surface area (Å²) in [6.45, 7) is 9.77. The first-order valence-corrected chi connectivity index (χ1v) is 10.6. The topological polar surface area (TPSA) is 66.6 Å². The Kier molecular flexibility index (Phi) is 5.91. The van der Waals surface area contributed by atoms with Crippen LogP contribution >= 0.6 is 11.3 Å². The predicted octanol–water partition coefficient (Wildman–Crippen LogP) is 4.74. The summed E-state index contributed by atoms with van der Waals surface area (Å²) < 4.78 is 1.88. The Morgan fingerprint density at radius 3 is 2.82 bits per heavy atom. The number of carbonyl (C=O) groups is 1. The number of nitrogens with one attached hydrogen (secondary N) is 1. The van der Waals surface area contributed by atoms with Crippen LogP contribution in [0.2, 0.25) is 0 Å². The summed E-state index contributed by atoms with van der Waals surface area (Å²) in [6.07, 6.45) is 4.37. The Bertz CT molecular complexity index is 981. The average molecular weight is 400 g/mol. The largest absolute Gasteiger partial charge is 0.390 e. The number of imidazole rings is 1. The zero-order valence-electron chi connectivity index (χ0n) is 17.2. The normalized spacial score (nSPS) is 13.1. The molecule has 0 aliphatic rings. The van der Waals surface area contributed by atoms with E-state index in [0.717, 1.165) is 35.5 Å². The van der Waals surface area contributed by atoms with Gasteiger partial charge < -0.3 is 10.4 Å². The van der Waals surface area contributed by atoms with E-state index in [1.807, 2.05) is 36.7 Å². The number of hydrogen-bond donors (Lipinski definition) is 2. The van der Waals surface area contributed by atoms with E-state index in [-0.39, 0.29) is 11.9 Å². The maximum absolute atomic E-state index is 12.8. The van der Waals surface area contributed by atoms with Gasteiger partial charge in [0.2, 0.25) is 0 Å². The Balaban J connectivity index is 1.74. The van der Waals surface area contributed by atoms with Gasteiger partial charge in [-0.15, -0.1) is 11.3 Å². The number of rotatable bonds is 7. The first-order chi connectivity index (χ1) is 13.1. The molecule has 0 radical (unpaired) electrons. The Hall–Kier alpha value is -2.18. The minimum Gasteiger partial charge on any atom is -0.390 e. The van der Waals surface area contributed by atoms with Crippen molar-refractivity contribution < 1.29 is 9.90 Å². The third kappa shape index (κ3) is 4.80. The van der Waals surface area contributed by atoms with Gasteiger partial charge in [-0.2, -0.15) is 0 Å². The number of aromatic nitrogens is 2. The van der Waals surface area contributed by atoms with E-state index in [4.69, 9.17) is 4.98 Å². The van der Waals surface area contributed by atoms with E-state index in [0.29, 0.717) is 5.69 Å². The Labute approximate surface area is 170 Å². The number of aliphatic hydroxyl groups is 1. The Morgan fingerprint density at radius 2 is 2.11 bits per heavy atom. The molecular formula is C22H29N3O2S. The monoisotopic (exact) mass is 399 g/mol. The van der Waals surface area contributed by atoms with Gasteiger partial charge in [0.1, 0.15) is 5.69 Å². The van der Waals surface area contributed by atoms with Crippen molar-refractivity contribution in [1.82, 2.24) is 14.7 Å². The van der Waals surface area contributed by atoms with Crippen molar-refractivity contribution in [2.24, 2.45) is 0 Å². The third-order valence-electron chi connectivity index (χ3n) is 4.91. The van der Waals surface area contributed by atoms with Crippen LogP contribution in [-0.4, -0.2) is 32.0 Å². The van der Waals surface area contributed by atoms with Gasteiger partial charge >= 0.3 is 0 Å². The van der Waals surface area contributed by atoms with Gasteiger partial charge in [-0.25, -0.2) is 4.98 Å². The molecule has 1 aromatic carbocycles. The highest BCUT2D eigenvalue weighted by Gasteiger charge is 2.18. The zero-order valence-corrected chi connectivity index (χ0v) is 18.1. The molecule has 6 heteroatoms. The number of amides is 1. The predicted molar refractivity (Wildman–Crippen MR) is 115 cm³/mol. The number of carbonyl (C=O) groups excluding carboxylic acids is 1. The third-order valence-corrected chi connectivity index (χ3v) is 5.75. The molecule has 1 atom stereocenters. The number of fused-ring (bicyclic) bond motifs is 1. The minimum atomic E-state index is -0.662. The van der Waals surface area contributed by atoms with Crippen molar-refractivity contribution in [2.45, 2.75) is 65.5 Å². The summed E-state index contributed by atoms with van der Waals surface area (Å²) in [5, 5.41) is 14.7. The van der Waals surface area contributed by atoms with Crippen LogP contribution in [0.15, 0.2) is 29.8 Å². The lowest BCUT2D eigenvalue weighted by Gasteiger charge is -2.19. The van der Waals surface area contributed by atoms with Crippen molar-refractivity contribution in [3.8, 4) is 11.3 Å². The van der Waals surface area contributed by atoms with Crippen molar-refractivity contribution in [1.29, 1.82) is 0 Å². The second-order valence-corrected chi connectivity index (χ2v) is 9.13. The number of nitrogens with zero attached hydrogens (tertiary/aromatic N) is 2. The molecule has 28 heavy (non-hydrogen) atoms. The SMILES string of the molecule is Cc1ccc(C)c(-c2cn3c(C(=O)N[C@@H](C)CCCC(C)(C)O)csc3n2)c1. The fourth-order valence-electron chi connectivity index (χ4n) is 3.30. The van der Waals surface area contributed by atoms with Gasteiger partial charge in [0.25, 0.3) is 5.91 Å². The van der Waals surface area contributed by atoms with Crippen molar-refractivity contribution in [3.63, 3.8) is 0 Å². The maximum atomic E-state index is 12.8. The summed E-state index contributed by atoms with van der Waals surface area (Å²) in [5.41, 5.74) is 4.29. The quantitative estimate of drug-likeness (QED) is 0.603. The molecule has 2 heterocycles. The zero-order chi connectivity index (χ0) is 20.5. The molecule has 0 aliphatic heterocycles. The van der Waals surface area contributed by atoms with Gasteiger partial charge in [-0.3, -0.25) is 9.20 Å². The van der Waals surface area contributed by atoms with Crippen LogP contribution in [0.5, 0.6) is 0 Å². The lowest BCUT2D eigenvalue weighted by molar-refractivity contribution is 0.0674. The molecule has 2 aromatic heterocycles. The van der Waals surface area contributed by atoms with Crippen LogP contribution in [0, 0.1) is 13.8 Å². The van der Waals surface area contributed by atoms with Gasteiger partial charge in [-0.1, -0.05) is 17.7 Å². The van der Waals surface area contributed by atoms with Crippen molar-refractivity contribution in [2.75, 3.05) is 0 Å². The smallest absolute Gasteiger partial charge is 0.269 e. The molecular weight excluding hydrogens is 370 g/mol. The molecule has 3 aromatic rings. The van der Waals surface area contributed by atoms with E-state index >= 15 is 0 Å². The first-order valence-electron chi connectivity index (χ1n) is 9.71. The number of hydrogen-bond acceptors (Lipinski definition) is 4. The summed E-state index contributed by atoms with van der Waals surface area (Å²) in [4.78, 5) is 18.3. The van der Waals surface area contributed by atoms with Crippen LogP contribution in [0.3, 0.4) is 0 Å². The Morgan fingerprint density at radius 1 is 1.36 bits per heavy atom. The first kappa shape index (κ1) is 20.6. The molecule has 0 saturated carbocycles. The number of aryl methyl sites for hydroxylation is 2. The lowest BCUT2D eigenvalue weighted by Crippen LogP contribution is -2.33. The van der Waals surface area contributed by atoms with E-state index < -0.39 is 5.60 Å². The van der Waals surface area contributed by atoms with Gasteiger partial charge in [0, 0.05) is 23.2 Å². The highest BCUT2D eigenvalue weighted by Crippen LogP contribution is 2.27. The molecule has 150 valence electrons. The average Bonchev–Trinajstić information content (AvgIpc) is 3.16. The fourth-order valence-corrected chi connectivity index (χ4v) is 4.15. The second-order valence-electron chi connectivity index (χ2n) is 8.30. The number of benzene rings is 1. The van der Waals surface area contributed by atoms with E-state index in [2.05, 4.69) is 37.4 Å². The maximum Gasteiger partial charge on any atom is 0.269 e. The molecule has 0 aliphatic carbocycles. The summed E-state index contributed by atoms with van der Waals surface area (Å²) >= 11 is 1.47. The summed E-state index contributed by atoms with van der Waals surface area (Å²) in [6, 6.07) is 6.37. The molecule has 0 spiro atoms. The standard InChI is InChI=1S/C22H29N3O2S/c1-14-8-9-15(2)17(11-14)18-12-25-19(13-28-21(25)24-18)20(26)23-16(3)7-6-10-22(4,5)27/h8-9,11-13,16,27H,6-7,10H2,1-5H3,(H,23,26)/t16-/m0/s1. The molecule has 0 saturated heterocycles. The van der Waals surface area contributed by atoms with E-state index in [1.165, 1.54) is 22.5 Å². The molecule has 5 nitrogen and oxygen atoms in total. The molecule has 2 N–H and O–H groups in total. The highest BCUT2D eigenvalue weighted by atomic mass is 32.1. The van der Waals surface area contributed by atoms with Crippen molar-refractivity contribution >= 4 is 22.2 Å². The van der Waals surface area contributed by atoms with Crippen molar-refractivity contribution in [3.05, 3.63) is 46.6 Å². The minimum absolute atomic E-state index is 0.0480. The summed E-state index contributed by atoms with van der Waals surface area (Å²) in [5.74, 6) is -0.0908. The van der Waals surface area contributed by atoms with E-state index in [9.17, 15) is 9.90 Å². The van der Waals surface area contributed by atoms with Crippen LogP contribution in [-0.2, 0) is 0 Å². The van der Waals surface area contributed by atoms with Crippen LogP contribution in [0.4, 0.5) is 0 Å². The van der Waals surface area contributed by atoms with Gasteiger partial charge in [-0.05, 0) is 65.5 Å². The molecule has 0 unspecified atom stereocenters. The van der Waals surface area contributed by atoms with Gasteiger partial charge in [0.15, 0.2) is 4.96 Å². The molecule has 0 fully saturated rings. The van der Waals surface area contributed by atoms with Crippen LogP contribution in [0.1, 0.15) is 61.6 Å². The van der Waals surface area contributed by atoms with Crippen LogP contribution in [0.25, 0.3) is 16.2 Å². The highest BCUT2D eigenvalue weighted by molar-refractivity contribution is 7.15. The molecule has 1 amide bonds. The fraction of sp³-hybridized carbons (Fsp3) is 0.455. The van der Waals surface area contributed by atoms with E-state index in [1.54, 1.807) is 0 Å². The van der Waals surface area contributed by atoms with Gasteiger partial charge in [0.05, 0.1) is 11.3 Å².